The highest BCUT2D eigenvalue weighted by Crippen LogP contribution is 2.49. The summed E-state index contributed by atoms with van der Waals surface area (Å²) in [4.78, 5) is 11.8. The second-order valence-corrected chi connectivity index (χ2v) is 13.3. The molecule has 0 heterocycles. The van der Waals surface area contributed by atoms with Crippen molar-refractivity contribution >= 4 is 11.9 Å². The molecule has 0 N–H and O–H groups in total. The Bertz CT molecular complexity index is 1660. The van der Waals surface area contributed by atoms with Gasteiger partial charge in [-0.25, -0.2) is 0 Å². The summed E-state index contributed by atoms with van der Waals surface area (Å²) < 4.78 is 12.4. The maximum absolute atomic E-state index is 11.8. The van der Waals surface area contributed by atoms with E-state index in [0.29, 0.717) is 18.4 Å². The van der Waals surface area contributed by atoms with E-state index in [1.807, 2.05) is 30.3 Å². The maximum atomic E-state index is 11.8. The molecule has 4 aromatic carbocycles. The molecule has 232 valence electrons. The SMILES string of the molecule is CC1=C(c2ccc(Oc3cccc(OCc4cccc(C)c4)c3)cc2)CC(C2CCCCC2)C(C)c2ccc(C=O)cc2C1C. The zero-order valence-electron chi connectivity index (χ0n) is 27.2. The Morgan fingerprint density at radius 3 is 2.27 bits per heavy atom. The molecule has 45 heavy (non-hydrogen) atoms. The highest BCUT2D eigenvalue weighted by molar-refractivity contribution is 5.76. The molecule has 4 aromatic rings. The molecule has 2 aliphatic rings. The summed E-state index contributed by atoms with van der Waals surface area (Å²) in [7, 11) is 0. The van der Waals surface area contributed by atoms with Gasteiger partial charge in [-0.05, 0) is 96.2 Å². The van der Waals surface area contributed by atoms with Crippen LogP contribution in [-0.2, 0) is 6.61 Å². The lowest BCUT2D eigenvalue weighted by molar-refractivity contribution is 0.112. The number of hydrogen-bond donors (Lipinski definition) is 0. The molecule has 0 radical (unpaired) electrons. The summed E-state index contributed by atoms with van der Waals surface area (Å²) in [5.74, 6) is 4.34. The van der Waals surface area contributed by atoms with E-state index in [2.05, 4.69) is 88.4 Å². The van der Waals surface area contributed by atoms with Crippen LogP contribution in [0.3, 0.4) is 0 Å². The molecule has 0 aliphatic heterocycles. The standard InChI is InChI=1S/C42H46O3/c1-28-10-8-11-33(22-28)27-44-37-14-9-15-38(24-37)45-36-19-17-35(18-20-36)40-25-41(34-12-6-5-7-13-34)31(4)39-21-16-32(26-43)23-42(39)30(3)29(40)2/h8-11,14-24,26,30-31,34,41H,5-7,12-13,25,27H2,1-4H3. The first-order valence-corrected chi connectivity index (χ1v) is 16.7. The van der Waals surface area contributed by atoms with Crippen LogP contribution in [0.2, 0.25) is 0 Å². The van der Waals surface area contributed by atoms with Gasteiger partial charge in [0.1, 0.15) is 30.1 Å². The van der Waals surface area contributed by atoms with Crippen molar-refractivity contribution in [2.75, 3.05) is 0 Å². The minimum atomic E-state index is 0.239. The first kappa shape index (κ1) is 30.9. The summed E-state index contributed by atoms with van der Waals surface area (Å²) >= 11 is 0. The van der Waals surface area contributed by atoms with E-state index in [1.165, 1.54) is 65.5 Å². The van der Waals surface area contributed by atoms with E-state index in [9.17, 15) is 4.79 Å². The first-order chi connectivity index (χ1) is 21.9. The minimum absolute atomic E-state index is 0.239. The third kappa shape index (κ3) is 7.09. The molecule has 0 spiro atoms. The van der Waals surface area contributed by atoms with Gasteiger partial charge in [-0.3, -0.25) is 4.79 Å². The molecule has 0 amide bonds. The predicted molar refractivity (Wildman–Crippen MR) is 184 cm³/mol. The van der Waals surface area contributed by atoms with E-state index in [1.54, 1.807) is 0 Å². The van der Waals surface area contributed by atoms with Crippen LogP contribution >= 0.6 is 0 Å². The van der Waals surface area contributed by atoms with Crippen LogP contribution in [0.15, 0.2) is 96.6 Å². The number of benzene rings is 4. The fourth-order valence-electron chi connectivity index (χ4n) is 7.69. The average molecular weight is 599 g/mol. The molecule has 6 rings (SSSR count). The van der Waals surface area contributed by atoms with Gasteiger partial charge >= 0.3 is 0 Å². The van der Waals surface area contributed by atoms with Crippen molar-refractivity contribution in [1.82, 2.24) is 0 Å². The summed E-state index contributed by atoms with van der Waals surface area (Å²) in [6.07, 6.45) is 8.74. The molecule has 3 nitrogen and oxygen atoms in total. The van der Waals surface area contributed by atoms with Crippen LogP contribution in [0.1, 0.15) is 109 Å². The first-order valence-electron chi connectivity index (χ1n) is 16.7. The van der Waals surface area contributed by atoms with Crippen molar-refractivity contribution in [3.8, 4) is 17.2 Å². The van der Waals surface area contributed by atoms with Crippen molar-refractivity contribution < 1.29 is 14.3 Å². The lowest BCUT2D eigenvalue weighted by Crippen LogP contribution is -2.26. The summed E-state index contributed by atoms with van der Waals surface area (Å²) in [5.41, 5.74) is 10.0. The number of carbonyl (C=O) groups is 1. The monoisotopic (exact) mass is 598 g/mol. The Morgan fingerprint density at radius 2 is 1.51 bits per heavy atom. The third-order valence-electron chi connectivity index (χ3n) is 10.4. The molecule has 0 saturated heterocycles. The Labute approximate surface area is 269 Å². The number of carbonyl (C=O) groups excluding carboxylic acids is 1. The molecule has 0 bridgehead atoms. The summed E-state index contributed by atoms with van der Waals surface area (Å²) in [6.45, 7) is 9.66. The Morgan fingerprint density at radius 1 is 0.756 bits per heavy atom. The topological polar surface area (TPSA) is 35.5 Å². The van der Waals surface area contributed by atoms with Crippen LogP contribution < -0.4 is 9.47 Å². The molecule has 1 saturated carbocycles. The minimum Gasteiger partial charge on any atom is -0.489 e. The molecule has 3 unspecified atom stereocenters. The molecule has 3 heteroatoms. The molecule has 3 atom stereocenters. The van der Waals surface area contributed by atoms with Crippen molar-refractivity contribution in [2.24, 2.45) is 11.8 Å². The quantitative estimate of drug-likeness (QED) is 0.189. The molecular formula is C42H46O3. The van der Waals surface area contributed by atoms with Gasteiger partial charge in [0.15, 0.2) is 0 Å². The maximum Gasteiger partial charge on any atom is 0.150 e. The lowest BCUT2D eigenvalue weighted by atomic mass is 9.66. The number of hydrogen-bond acceptors (Lipinski definition) is 3. The Kier molecular flexibility index (Phi) is 9.54. The van der Waals surface area contributed by atoms with E-state index in [4.69, 9.17) is 9.47 Å². The van der Waals surface area contributed by atoms with Gasteiger partial charge in [-0.15, -0.1) is 0 Å². The van der Waals surface area contributed by atoms with Crippen LogP contribution in [0, 0.1) is 18.8 Å². The van der Waals surface area contributed by atoms with Gasteiger partial charge in [-0.1, -0.05) is 112 Å². The number of aldehydes is 1. The molecule has 1 fully saturated rings. The van der Waals surface area contributed by atoms with Crippen LogP contribution in [0.25, 0.3) is 5.57 Å². The van der Waals surface area contributed by atoms with Gasteiger partial charge < -0.3 is 9.47 Å². The van der Waals surface area contributed by atoms with Crippen LogP contribution in [0.4, 0.5) is 0 Å². The number of rotatable bonds is 8. The molecular weight excluding hydrogens is 552 g/mol. The lowest BCUT2D eigenvalue weighted by Gasteiger charge is -2.39. The Balaban J connectivity index is 1.25. The van der Waals surface area contributed by atoms with E-state index in [-0.39, 0.29) is 5.92 Å². The smallest absolute Gasteiger partial charge is 0.150 e. The molecule has 0 aromatic heterocycles. The summed E-state index contributed by atoms with van der Waals surface area (Å²) in [5, 5.41) is 0. The highest BCUT2D eigenvalue weighted by atomic mass is 16.5. The van der Waals surface area contributed by atoms with E-state index >= 15 is 0 Å². The van der Waals surface area contributed by atoms with Crippen molar-refractivity contribution in [2.45, 2.75) is 84.7 Å². The van der Waals surface area contributed by atoms with Gasteiger partial charge in [0.2, 0.25) is 0 Å². The van der Waals surface area contributed by atoms with Gasteiger partial charge in [0.05, 0.1) is 0 Å². The second-order valence-electron chi connectivity index (χ2n) is 13.3. The number of aryl methyl sites for hydroxylation is 1. The van der Waals surface area contributed by atoms with Crippen molar-refractivity contribution in [1.29, 1.82) is 0 Å². The summed E-state index contributed by atoms with van der Waals surface area (Å²) in [6, 6.07) is 31.3. The number of ether oxygens (including phenoxy) is 2. The number of fused-ring (bicyclic) bond motifs is 1. The second kappa shape index (κ2) is 13.9. The normalized spacial score (nSPS) is 20.6. The highest BCUT2D eigenvalue weighted by Gasteiger charge is 2.34. The van der Waals surface area contributed by atoms with E-state index in [0.717, 1.165) is 47.0 Å². The van der Waals surface area contributed by atoms with Gasteiger partial charge in [0.25, 0.3) is 0 Å². The third-order valence-corrected chi connectivity index (χ3v) is 10.4. The van der Waals surface area contributed by atoms with Crippen LogP contribution in [-0.4, -0.2) is 6.29 Å². The van der Waals surface area contributed by atoms with Gasteiger partial charge in [0, 0.05) is 17.5 Å². The zero-order chi connectivity index (χ0) is 31.3. The number of allylic oxidation sites excluding steroid dienone is 2. The largest absolute Gasteiger partial charge is 0.489 e. The zero-order valence-corrected chi connectivity index (χ0v) is 27.2. The van der Waals surface area contributed by atoms with Crippen molar-refractivity contribution in [3.63, 3.8) is 0 Å². The van der Waals surface area contributed by atoms with Crippen molar-refractivity contribution in [3.05, 3.63) is 130 Å². The Hall–Kier alpha value is -4.11. The fraction of sp³-hybridized carbons (Fsp3) is 0.357. The molecule has 2 aliphatic carbocycles. The fourth-order valence-corrected chi connectivity index (χ4v) is 7.69. The van der Waals surface area contributed by atoms with E-state index < -0.39 is 0 Å². The average Bonchev–Trinajstić information content (AvgIpc) is 3.07. The van der Waals surface area contributed by atoms with Gasteiger partial charge in [-0.2, -0.15) is 0 Å². The predicted octanol–water partition coefficient (Wildman–Crippen LogP) is 11.5. The van der Waals surface area contributed by atoms with Crippen LogP contribution in [0.5, 0.6) is 17.2 Å².